The molecule has 0 aliphatic carbocycles. The van der Waals surface area contributed by atoms with Crippen LogP contribution in [0.3, 0.4) is 0 Å². The summed E-state index contributed by atoms with van der Waals surface area (Å²) in [6, 6.07) is 22.8. The van der Waals surface area contributed by atoms with Gasteiger partial charge in [0.1, 0.15) is 0 Å². The van der Waals surface area contributed by atoms with Crippen molar-refractivity contribution in [3.63, 3.8) is 0 Å². The Kier molecular flexibility index (Phi) is 6.80. The van der Waals surface area contributed by atoms with Gasteiger partial charge in [0.15, 0.2) is 5.78 Å². The maximum absolute atomic E-state index is 13.3. The minimum absolute atomic E-state index is 0.0751. The van der Waals surface area contributed by atoms with Crippen molar-refractivity contribution < 1.29 is 24.6 Å². The number of ketones is 1. The van der Waals surface area contributed by atoms with E-state index in [1.807, 2.05) is 30.3 Å². The normalized spacial score (nSPS) is 16.6. The summed E-state index contributed by atoms with van der Waals surface area (Å²) in [5, 5.41) is 18.2. The lowest BCUT2D eigenvalue weighted by Gasteiger charge is -2.30. The molecular formula is C28H23NO5. The summed E-state index contributed by atoms with van der Waals surface area (Å²) in [4.78, 5) is 37.8. The number of benzene rings is 3. The molecule has 0 aromatic heterocycles. The summed E-state index contributed by atoms with van der Waals surface area (Å²) in [6.45, 7) is 1.59. The smallest absolute Gasteiger partial charge is 0.335 e. The summed E-state index contributed by atoms with van der Waals surface area (Å²) in [7, 11) is 0. The van der Waals surface area contributed by atoms with Crippen molar-refractivity contribution in [1.82, 2.24) is 4.90 Å². The first kappa shape index (κ1) is 22.9. The van der Waals surface area contributed by atoms with E-state index in [9.17, 15) is 14.4 Å². The van der Waals surface area contributed by atoms with Gasteiger partial charge in [0.05, 0.1) is 11.1 Å². The molecule has 0 amide bonds. The van der Waals surface area contributed by atoms with Crippen molar-refractivity contribution in [2.45, 2.75) is 6.54 Å². The second-order valence-electron chi connectivity index (χ2n) is 8.15. The summed E-state index contributed by atoms with van der Waals surface area (Å²) < 4.78 is 0. The van der Waals surface area contributed by atoms with Crippen molar-refractivity contribution in [3.8, 4) is 0 Å². The number of carbonyl (C=O) groups excluding carboxylic acids is 1. The van der Waals surface area contributed by atoms with Crippen LogP contribution < -0.4 is 0 Å². The Morgan fingerprint density at radius 1 is 0.706 bits per heavy atom. The summed E-state index contributed by atoms with van der Waals surface area (Å²) in [6.07, 6.45) is 3.60. The fourth-order valence-electron chi connectivity index (χ4n) is 3.91. The Bertz CT molecular complexity index is 1190. The molecule has 1 heterocycles. The molecule has 0 atom stereocenters. The fraction of sp³-hybridized carbons (Fsp3) is 0.107. The number of Topliss-reactive ketones (excluding diaryl/α,β-unsaturated/α-hetero) is 1. The molecule has 170 valence electrons. The third-order valence-corrected chi connectivity index (χ3v) is 5.62. The Balaban J connectivity index is 1.66. The zero-order valence-corrected chi connectivity index (χ0v) is 18.3. The van der Waals surface area contributed by atoms with Crippen LogP contribution in [-0.4, -0.2) is 45.9 Å². The predicted octanol–water partition coefficient (Wildman–Crippen LogP) is 4.63. The Hall–Kier alpha value is -4.29. The minimum Gasteiger partial charge on any atom is -0.478 e. The lowest BCUT2D eigenvalue weighted by Crippen LogP contribution is -2.37. The van der Waals surface area contributed by atoms with Crippen molar-refractivity contribution in [1.29, 1.82) is 0 Å². The monoisotopic (exact) mass is 453 g/mol. The number of piperidine rings is 1. The average Bonchev–Trinajstić information content (AvgIpc) is 2.83. The van der Waals surface area contributed by atoms with Gasteiger partial charge in [-0.3, -0.25) is 9.69 Å². The molecule has 3 aromatic carbocycles. The van der Waals surface area contributed by atoms with E-state index < -0.39 is 11.9 Å². The first-order chi connectivity index (χ1) is 16.4. The number of hydrogen-bond acceptors (Lipinski definition) is 4. The summed E-state index contributed by atoms with van der Waals surface area (Å²) in [5.41, 5.74) is 4.23. The van der Waals surface area contributed by atoms with Crippen LogP contribution in [0.2, 0.25) is 0 Å². The highest BCUT2D eigenvalue weighted by Gasteiger charge is 2.26. The number of carbonyl (C=O) groups is 3. The number of carboxylic acid groups (broad SMARTS) is 2. The first-order valence-electron chi connectivity index (χ1n) is 10.8. The zero-order chi connectivity index (χ0) is 24.1. The number of hydrogen-bond donors (Lipinski definition) is 2. The third-order valence-electron chi connectivity index (χ3n) is 5.62. The maximum Gasteiger partial charge on any atom is 0.335 e. The summed E-state index contributed by atoms with van der Waals surface area (Å²) in [5.74, 6) is -2.07. The Morgan fingerprint density at radius 2 is 1.15 bits per heavy atom. The molecule has 6 nitrogen and oxygen atoms in total. The highest BCUT2D eigenvalue weighted by molar-refractivity contribution is 6.14. The lowest BCUT2D eigenvalue weighted by atomic mass is 9.93. The minimum atomic E-state index is -0.999. The number of rotatable bonds is 6. The van der Waals surface area contributed by atoms with Gasteiger partial charge in [0.25, 0.3) is 0 Å². The molecule has 0 saturated carbocycles. The van der Waals surface area contributed by atoms with Crippen molar-refractivity contribution >= 4 is 29.9 Å². The van der Waals surface area contributed by atoms with Crippen molar-refractivity contribution in [3.05, 3.63) is 118 Å². The Labute approximate surface area is 197 Å². The molecule has 4 rings (SSSR count). The van der Waals surface area contributed by atoms with Crippen LogP contribution in [0.1, 0.15) is 37.4 Å². The number of aromatic carboxylic acids is 2. The van der Waals surface area contributed by atoms with Crippen molar-refractivity contribution in [2.24, 2.45) is 0 Å². The molecule has 1 saturated heterocycles. The molecule has 1 aliphatic heterocycles. The van der Waals surface area contributed by atoms with Gasteiger partial charge in [0, 0.05) is 30.8 Å². The SMILES string of the molecule is O=C1C(=Cc2ccc(C(=O)O)cc2)CN(Cc2ccccc2)CC1=Cc1ccc(C(=O)O)cc1. The standard InChI is InChI=1S/C28H23NO5/c30-26-24(14-19-6-10-22(11-7-19)27(31)32)17-29(16-21-4-2-1-3-5-21)18-25(26)15-20-8-12-23(13-9-20)28(33)34/h1-15H,16-18H2,(H,31,32)(H,33,34). The van der Waals surface area contributed by atoms with Crippen LogP contribution in [0.15, 0.2) is 90.0 Å². The second kappa shape index (κ2) is 10.1. The zero-order valence-electron chi connectivity index (χ0n) is 18.3. The molecule has 6 heteroatoms. The molecule has 0 bridgehead atoms. The molecule has 1 fully saturated rings. The molecule has 0 radical (unpaired) electrons. The predicted molar refractivity (Wildman–Crippen MR) is 129 cm³/mol. The third kappa shape index (κ3) is 5.54. The molecule has 34 heavy (non-hydrogen) atoms. The van der Waals surface area contributed by atoms with Crippen LogP contribution in [-0.2, 0) is 11.3 Å². The molecular weight excluding hydrogens is 430 g/mol. The molecule has 0 unspecified atom stereocenters. The van der Waals surface area contributed by atoms with Gasteiger partial charge in [0.2, 0.25) is 0 Å². The quantitative estimate of drug-likeness (QED) is 0.528. The largest absolute Gasteiger partial charge is 0.478 e. The average molecular weight is 453 g/mol. The van der Waals surface area contributed by atoms with Gasteiger partial charge < -0.3 is 10.2 Å². The van der Waals surface area contributed by atoms with Gasteiger partial charge in [-0.25, -0.2) is 9.59 Å². The van der Waals surface area contributed by atoms with E-state index in [0.717, 1.165) is 16.7 Å². The maximum atomic E-state index is 13.3. The van der Waals surface area contributed by atoms with Crippen LogP contribution in [0.5, 0.6) is 0 Å². The highest BCUT2D eigenvalue weighted by Crippen LogP contribution is 2.24. The van der Waals surface area contributed by atoms with Gasteiger partial charge in [-0.2, -0.15) is 0 Å². The lowest BCUT2D eigenvalue weighted by molar-refractivity contribution is -0.113. The van der Waals surface area contributed by atoms with E-state index >= 15 is 0 Å². The first-order valence-corrected chi connectivity index (χ1v) is 10.8. The van der Waals surface area contributed by atoms with Gasteiger partial charge in [-0.05, 0) is 53.1 Å². The van der Waals surface area contributed by atoms with E-state index in [1.165, 1.54) is 24.3 Å². The van der Waals surface area contributed by atoms with Gasteiger partial charge in [-0.15, -0.1) is 0 Å². The van der Waals surface area contributed by atoms with E-state index in [0.29, 0.717) is 30.8 Å². The molecule has 0 spiro atoms. The van der Waals surface area contributed by atoms with E-state index in [1.54, 1.807) is 36.4 Å². The topological polar surface area (TPSA) is 94.9 Å². The van der Waals surface area contributed by atoms with Gasteiger partial charge in [-0.1, -0.05) is 54.6 Å². The number of carboxylic acids is 2. The number of nitrogens with zero attached hydrogens (tertiary/aromatic N) is 1. The van der Waals surface area contributed by atoms with Crippen molar-refractivity contribution in [2.75, 3.05) is 13.1 Å². The molecule has 2 N–H and O–H groups in total. The van der Waals surface area contributed by atoms with Crippen LogP contribution >= 0.6 is 0 Å². The van der Waals surface area contributed by atoms with Crippen LogP contribution in [0.4, 0.5) is 0 Å². The van der Waals surface area contributed by atoms with Crippen LogP contribution in [0.25, 0.3) is 12.2 Å². The van der Waals surface area contributed by atoms with E-state index in [-0.39, 0.29) is 16.9 Å². The van der Waals surface area contributed by atoms with Gasteiger partial charge >= 0.3 is 11.9 Å². The molecule has 1 aliphatic rings. The second-order valence-corrected chi connectivity index (χ2v) is 8.15. The Morgan fingerprint density at radius 3 is 1.56 bits per heavy atom. The fourth-order valence-corrected chi connectivity index (χ4v) is 3.91. The van der Waals surface area contributed by atoms with E-state index in [2.05, 4.69) is 4.90 Å². The molecule has 3 aromatic rings. The highest BCUT2D eigenvalue weighted by atomic mass is 16.4. The number of likely N-dealkylation sites (tertiary alicyclic amines) is 1. The summed E-state index contributed by atoms with van der Waals surface area (Å²) >= 11 is 0. The van der Waals surface area contributed by atoms with E-state index in [4.69, 9.17) is 10.2 Å². The van der Waals surface area contributed by atoms with Crippen LogP contribution in [0, 0.1) is 0 Å².